The summed E-state index contributed by atoms with van der Waals surface area (Å²) in [4.78, 5) is 25.5. The summed E-state index contributed by atoms with van der Waals surface area (Å²) in [6.45, 7) is 1.36. The lowest BCUT2D eigenvalue weighted by Gasteiger charge is -2.17. The summed E-state index contributed by atoms with van der Waals surface area (Å²) in [5, 5.41) is 0. The third-order valence-electron chi connectivity index (χ3n) is 2.77. The van der Waals surface area contributed by atoms with Crippen molar-refractivity contribution in [3.8, 4) is 5.75 Å². The Bertz CT molecular complexity index is 416. The van der Waals surface area contributed by atoms with E-state index in [-0.39, 0.29) is 12.6 Å². The molecule has 17 heavy (non-hydrogen) atoms. The van der Waals surface area contributed by atoms with E-state index in [1.165, 1.54) is 4.90 Å². The molecule has 0 radical (unpaired) electrons. The largest absolute Gasteiger partial charge is 0.497 e. The summed E-state index contributed by atoms with van der Waals surface area (Å²) in [5.41, 5.74) is 0.823. The van der Waals surface area contributed by atoms with Crippen LogP contribution in [0.4, 0.5) is 10.5 Å². The average Bonchev–Trinajstić information content (AvgIpc) is 2.72. The molecule has 5 heteroatoms. The van der Waals surface area contributed by atoms with Crippen LogP contribution < -0.4 is 9.64 Å². The molecule has 0 spiro atoms. The molecule has 1 aliphatic rings. The number of rotatable bonds is 4. The number of hydrogen-bond donors (Lipinski definition) is 0. The van der Waals surface area contributed by atoms with Gasteiger partial charge in [0.25, 0.3) is 0 Å². The molecule has 0 aromatic heterocycles. The summed E-state index contributed by atoms with van der Waals surface area (Å²) < 4.78 is 5.06. The number of methoxy groups -OCH3 is 1. The average molecular weight is 234 g/mol. The Balaban J connectivity index is 2.12. The number of aldehydes is 1. The summed E-state index contributed by atoms with van der Waals surface area (Å²) in [7, 11) is 1.60. The lowest BCUT2D eigenvalue weighted by molar-refractivity contribution is -0.108. The molecule has 90 valence electrons. The van der Waals surface area contributed by atoms with Crippen LogP contribution in [0, 0.1) is 0 Å². The molecular formula is C12H14N2O3. The van der Waals surface area contributed by atoms with Crippen molar-refractivity contribution in [2.24, 2.45) is 0 Å². The number of hydrogen-bond acceptors (Lipinski definition) is 3. The lowest BCUT2D eigenvalue weighted by atomic mass is 10.3. The number of carbonyl (C=O) groups excluding carboxylic acids is 2. The van der Waals surface area contributed by atoms with E-state index in [0.717, 1.165) is 17.7 Å². The Morgan fingerprint density at radius 1 is 1.29 bits per heavy atom. The Labute approximate surface area is 99.6 Å². The smallest absolute Gasteiger partial charge is 0.324 e. The minimum absolute atomic E-state index is 0.123. The molecule has 1 aromatic carbocycles. The van der Waals surface area contributed by atoms with E-state index in [9.17, 15) is 9.59 Å². The highest BCUT2D eigenvalue weighted by Crippen LogP contribution is 2.22. The van der Waals surface area contributed by atoms with Gasteiger partial charge in [-0.3, -0.25) is 4.90 Å². The number of nitrogens with zero attached hydrogens (tertiary/aromatic N) is 2. The van der Waals surface area contributed by atoms with E-state index < -0.39 is 0 Å². The number of ether oxygens (including phenoxy) is 1. The fourth-order valence-corrected chi connectivity index (χ4v) is 1.84. The van der Waals surface area contributed by atoms with Crippen molar-refractivity contribution in [1.29, 1.82) is 0 Å². The second-order valence-corrected chi connectivity index (χ2v) is 3.74. The number of anilines is 1. The third-order valence-corrected chi connectivity index (χ3v) is 2.77. The van der Waals surface area contributed by atoms with E-state index in [0.29, 0.717) is 13.1 Å². The lowest BCUT2D eigenvalue weighted by Crippen LogP contribution is -2.32. The first-order valence-corrected chi connectivity index (χ1v) is 5.40. The molecule has 1 saturated heterocycles. The highest BCUT2D eigenvalue weighted by molar-refractivity contribution is 5.95. The van der Waals surface area contributed by atoms with E-state index in [1.54, 1.807) is 12.0 Å². The van der Waals surface area contributed by atoms with Crippen LogP contribution in [0.5, 0.6) is 5.75 Å². The minimum Gasteiger partial charge on any atom is -0.497 e. The van der Waals surface area contributed by atoms with Crippen LogP contribution in [0.25, 0.3) is 0 Å². The molecule has 0 aliphatic carbocycles. The fourth-order valence-electron chi connectivity index (χ4n) is 1.84. The standard InChI is InChI=1S/C12H14N2O3/c1-17-11-4-2-10(3-5-11)14-7-6-13(8-9-15)12(14)16/h2-5,9H,6-8H2,1H3. The summed E-state index contributed by atoms with van der Waals surface area (Å²) in [6, 6.07) is 7.17. The molecule has 0 atom stereocenters. The molecule has 2 rings (SSSR count). The Morgan fingerprint density at radius 2 is 2.00 bits per heavy atom. The first kappa shape index (κ1) is 11.4. The van der Waals surface area contributed by atoms with Gasteiger partial charge in [-0.05, 0) is 24.3 Å². The normalized spacial score (nSPS) is 15.2. The molecule has 1 aliphatic heterocycles. The summed E-state index contributed by atoms with van der Waals surface area (Å²) in [5.74, 6) is 0.755. The molecule has 1 aromatic rings. The maximum Gasteiger partial charge on any atom is 0.324 e. The first-order valence-electron chi connectivity index (χ1n) is 5.40. The van der Waals surface area contributed by atoms with Crippen LogP contribution in [0.2, 0.25) is 0 Å². The summed E-state index contributed by atoms with van der Waals surface area (Å²) in [6.07, 6.45) is 0.745. The van der Waals surface area contributed by atoms with Gasteiger partial charge in [-0.2, -0.15) is 0 Å². The second-order valence-electron chi connectivity index (χ2n) is 3.74. The van der Waals surface area contributed by atoms with Crippen LogP contribution >= 0.6 is 0 Å². The van der Waals surface area contributed by atoms with Gasteiger partial charge in [0.2, 0.25) is 0 Å². The Hall–Kier alpha value is -2.04. The van der Waals surface area contributed by atoms with Gasteiger partial charge in [-0.1, -0.05) is 0 Å². The van der Waals surface area contributed by atoms with Gasteiger partial charge < -0.3 is 14.4 Å². The van der Waals surface area contributed by atoms with Gasteiger partial charge in [0.15, 0.2) is 0 Å². The second kappa shape index (κ2) is 4.86. The van der Waals surface area contributed by atoms with Crippen molar-refractivity contribution in [3.05, 3.63) is 24.3 Å². The van der Waals surface area contributed by atoms with Crippen molar-refractivity contribution in [2.75, 3.05) is 31.6 Å². The van der Waals surface area contributed by atoms with Crippen molar-refractivity contribution < 1.29 is 14.3 Å². The number of benzene rings is 1. The molecule has 2 amide bonds. The van der Waals surface area contributed by atoms with Crippen LogP contribution in [-0.2, 0) is 4.79 Å². The molecule has 0 bridgehead atoms. The maximum atomic E-state index is 11.9. The summed E-state index contributed by atoms with van der Waals surface area (Å²) >= 11 is 0. The predicted molar refractivity (Wildman–Crippen MR) is 63.4 cm³/mol. The molecule has 0 saturated carbocycles. The Morgan fingerprint density at radius 3 is 2.59 bits per heavy atom. The fraction of sp³-hybridized carbons (Fsp3) is 0.333. The number of urea groups is 1. The van der Waals surface area contributed by atoms with Crippen LogP contribution in [0.1, 0.15) is 0 Å². The molecule has 1 fully saturated rings. The monoisotopic (exact) mass is 234 g/mol. The highest BCUT2D eigenvalue weighted by atomic mass is 16.5. The molecule has 0 N–H and O–H groups in total. The van der Waals surface area contributed by atoms with Crippen molar-refractivity contribution in [1.82, 2.24) is 4.90 Å². The maximum absolute atomic E-state index is 11.9. The topological polar surface area (TPSA) is 49.9 Å². The zero-order chi connectivity index (χ0) is 12.3. The third kappa shape index (κ3) is 2.22. The van der Waals surface area contributed by atoms with Gasteiger partial charge in [-0.25, -0.2) is 4.79 Å². The van der Waals surface area contributed by atoms with E-state index in [2.05, 4.69) is 0 Å². The number of carbonyl (C=O) groups is 2. The number of amides is 2. The van der Waals surface area contributed by atoms with E-state index >= 15 is 0 Å². The molecule has 5 nitrogen and oxygen atoms in total. The van der Waals surface area contributed by atoms with Gasteiger partial charge in [0.1, 0.15) is 12.0 Å². The van der Waals surface area contributed by atoms with Crippen molar-refractivity contribution >= 4 is 18.0 Å². The molecule has 1 heterocycles. The van der Waals surface area contributed by atoms with Crippen molar-refractivity contribution in [2.45, 2.75) is 0 Å². The minimum atomic E-state index is -0.123. The molecular weight excluding hydrogens is 220 g/mol. The van der Waals surface area contributed by atoms with Crippen LogP contribution in [0.15, 0.2) is 24.3 Å². The van der Waals surface area contributed by atoms with Gasteiger partial charge in [0.05, 0.1) is 13.7 Å². The van der Waals surface area contributed by atoms with Crippen LogP contribution in [-0.4, -0.2) is 44.0 Å². The van der Waals surface area contributed by atoms with Gasteiger partial charge >= 0.3 is 6.03 Å². The molecule has 0 unspecified atom stereocenters. The van der Waals surface area contributed by atoms with Crippen molar-refractivity contribution in [3.63, 3.8) is 0 Å². The SMILES string of the molecule is COc1ccc(N2CCN(CC=O)C2=O)cc1. The zero-order valence-electron chi connectivity index (χ0n) is 9.63. The zero-order valence-corrected chi connectivity index (χ0v) is 9.63. The van der Waals surface area contributed by atoms with E-state index in [4.69, 9.17) is 4.74 Å². The van der Waals surface area contributed by atoms with Gasteiger partial charge in [0, 0.05) is 18.8 Å². The Kier molecular flexibility index (Phi) is 3.27. The van der Waals surface area contributed by atoms with Crippen LogP contribution in [0.3, 0.4) is 0 Å². The predicted octanol–water partition coefficient (Wildman–Crippen LogP) is 1.14. The van der Waals surface area contributed by atoms with Gasteiger partial charge in [-0.15, -0.1) is 0 Å². The highest BCUT2D eigenvalue weighted by Gasteiger charge is 2.28. The van der Waals surface area contributed by atoms with E-state index in [1.807, 2.05) is 24.3 Å². The first-order chi connectivity index (χ1) is 8.26. The quantitative estimate of drug-likeness (QED) is 0.734.